The van der Waals surface area contributed by atoms with E-state index in [4.69, 9.17) is 5.11 Å². The van der Waals surface area contributed by atoms with Crippen molar-refractivity contribution in [1.29, 1.82) is 0 Å². The minimum absolute atomic E-state index is 0.0170. The Morgan fingerprint density at radius 2 is 1.24 bits per heavy atom. The molecule has 13 nitrogen and oxygen atoms in total. The van der Waals surface area contributed by atoms with Gasteiger partial charge in [-0.25, -0.2) is 9.59 Å². The van der Waals surface area contributed by atoms with Crippen molar-refractivity contribution in [3.05, 3.63) is 114 Å². The van der Waals surface area contributed by atoms with Gasteiger partial charge in [-0.1, -0.05) is 60.7 Å². The van der Waals surface area contributed by atoms with Crippen molar-refractivity contribution >= 4 is 33.6 Å². The van der Waals surface area contributed by atoms with E-state index >= 15 is 0 Å². The number of fused-ring (bicyclic) bond motifs is 4. The molecule has 2 aromatic carbocycles. The van der Waals surface area contributed by atoms with Crippen LogP contribution in [0.3, 0.4) is 0 Å². The highest BCUT2D eigenvalue weighted by atomic mass is 16.4. The highest BCUT2D eigenvalue weighted by molar-refractivity contribution is 6.11. The number of benzene rings is 2. The van der Waals surface area contributed by atoms with Crippen molar-refractivity contribution in [2.45, 2.75) is 38.8 Å². The molecule has 0 atom stereocenters. The number of aryl methyl sites for hydroxylation is 3. The van der Waals surface area contributed by atoms with Gasteiger partial charge in [-0.2, -0.15) is 0 Å². The van der Waals surface area contributed by atoms with Crippen LogP contribution in [0.15, 0.2) is 86.0 Å². The van der Waals surface area contributed by atoms with E-state index in [-0.39, 0.29) is 29.0 Å². The number of carboxylic acid groups (broad SMARTS) is 1. The number of aromatic nitrogens is 6. The minimum atomic E-state index is -0.860. The van der Waals surface area contributed by atoms with E-state index in [0.29, 0.717) is 59.1 Å². The quantitative estimate of drug-likeness (QED) is 0.287. The summed E-state index contributed by atoms with van der Waals surface area (Å²) in [4.78, 5) is 73.5. The average Bonchev–Trinajstić information content (AvgIpc) is 3.67. The zero-order valence-corrected chi connectivity index (χ0v) is 27.7. The summed E-state index contributed by atoms with van der Waals surface area (Å²) >= 11 is 0. The third kappa shape index (κ3) is 5.56. The summed E-state index contributed by atoms with van der Waals surface area (Å²) in [7, 11) is 6.17. The molecule has 1 N–H and O–H groups in total. The summed E-state index contributed by atoms with van der Waals surface area (Å²) in [5.74, 6) is -0.877. The molecule has 49 heavy (non-hydrogen) atoms. The maximum Gasteiger partial charge on any atom is 0.331 e. The first-order chi connectivity index (χ1) is 23.4. The highest BCUT2D eigenvalue weighted by Gasteiger charge is 2.30. The Kier molecular flexibility index (Phi) is 8.68. The Labute approximate surface area is 279 Å². The number of hydrogen-bond acceptors (Lipinski definition) is 6. The summed E-state index contributed by atoms with van der Waals surface area (Å²) in [6.45, 7) is 1.11. The van der Waals surface area contributed by atoms with Gasteiger partial charge in [0.2, 0.25) is 0 Å². The fourth-order valence-electron chi connectivity index (χ4n) is 6.70. The molecule has 0 radical (unpaired) electrons. The first-order valence-electron chi connectivity index (χ1n) is 15.9. The Balaban J connectivity index is 0.000000170. The smallest absolute Gasteiger partial charge is 0.331 e. The first-order valence-corrected chi connectivity index (χ1v) is 15.9. The number of rotatable bonds is 6. The fourth-order valence-corrected chi connectivity index (χ4v) is 6.70. The van der Waals surface area contributed by atoms with Crippen LogP contribution in [-0.4, -0.2) is 44.3 Å². The van der Waals surface area contributed by atoms with Gasteiger partial charge in [0.05, 0.1) is 33.2 Å². The number of carbonyl (C=O) groups is 2. The van der Waals surface area contributed by atoms with E-state index in [1.54, 1.807) is 20.3 Å². The van der Waals surface area contributed by atoms with Gasteiger partial charge in [-0.15, -0.1) is 0 Å². The second kappa shape index (κ2) is 12.9. The average molecular weight is 665 g/mol. The van der Waals surface area contributed by atoms with Gasteiger partial charge in [0, 0.05) is 60.3 Å². The molecule has 4 aromatic heterocycles. The summed E-state index contributed by atoms with van der Waals surface area (Å²) < 4.78 is 8.83. The van der Waals surface area contributed by atoms with E-state index in [1.807, 2.05) is 69.8 Å². The Hall–Kier alpha value is -5.98. The number of ketones is 1. The number of carbonyl (C=O) groups excluding carboxylic acids is 1. The first kappa shape index (κ1) is 32.9. The van der Waals surface area contributed by atoms with Crippen molar-refractivity contribution in [3.8, 4) is 22.5 Å². The van der Waals surface area contributed by atoms with E-state index in [9.17, 15) is 28.8 Å². The Morgan fingerprint density at radius 1 is 0.694 bits per heavy atom. The lowest BCUT2D eigenvalue weighted by Gasteiger charge is -2.17. The van der Waals surface area contributed by atoms with Gasteiger partial charge in [0.15, 0.2) is 5.78 Å². The zero-order valence-electron chi connectivity index (χ0n) is 27.7. The lowest BCUT2D eigenvalue weighted by molar-refractivity contribution is -0.137. The van der Waals surface area contributed by atoms with Crippen molar-refractivity contribution in [2.24, 2.45) is 28.2 Å². The standard InChI is InChI=1S/C18H19N3O4.C18H17N3O3/c1-19-13-11-21(10-6-9-14(22)23)16(12-7-4-3-5-8-12)15(13)17(24)20(2)18(19)25;1-19-16-13(17(23)20(2)18(19)24)14(11-7-4-3-5-8-11)21-10-6-9-12(22)15(16)21/h3-5,7-8,11H,6,9-10H2,1-2H3,(H,22,23);3-5,7-8H,6,9-10H2,1-2H3. The fraction of sp³-hybridized carbons (Fsp3) is 0.278. The molecule has 7 rings (SSSR count). The van der Waals surface area contributed by atoms with E-state index in [2.05, 4.69) is 0 Å². The van der Waals surface area contributed by atoms with Crippen LogP contribution >= 0.6 is 0 Å². The lowest BCUT2D eigenvalue weighted by atomic mass is 10.1. The maximum absolute atomic E-state index is 12.8. The van der Waals surface area contributed by atoms with Gasteiger partial charge in [0.1, 0.15) is 5.69 Å². The maximum atomic E-state index is 12.8. The molecule has 0 unspecified atom stereocenters. The molecule has 0 bridgehead atoms. The van der Waals surface area contributed by atoms with E-state index in [0.717, 1.165) is 32.4 Å². The van der Waals surface area contributed by atoms with Gasteiger partial charge in [-0.05, 0) is 24.0 Å². The van der Waals surface area contributed by atoms with Crippen LogP contribution in [0.25, 0.3) is 44.3 Å². The third-order valence-electron chi connectivity index (χ3n) is 9.11. The number of Topliss-reactive ketones (excluding diaryl/α,β-unsaturated/α-hetero) is 1. The molecule has 5 heterocycles. The molecule has 13 heteroatoms. The largest absolute Gasteiger partial charge is 0.481 e. The van der Waals surface area contributed by atoms with Crippen molar-refractivity contribution in [2.75, 3.05) is 0 Å². The van der Waals surface area contributed by atoms with Gasteiger partial charge < -0.3 is 14.2 Å². The molecular weight excluding hydrogens is 628 g/mol. The summed E-state index contributed by atoms with van der Waals surface area (Å²) in [6, 6.07) is 19.0. The second-order valence-electron chi connectivity index (χ2n) is 12.2. The molecule has 1 aliphatic heterocycles. The van der Waals surface area contributed by atoms with Crippen LogP contribution in [0.5, 0.6) is 0 Å². The molecule has 0 aliphatic carbocycles. The van der Waals surface area contributed by atoms with Crippen LogP contribution in [0.4, 0.5) is 0 Å². The van der Waals surface area contributed by atoms with Crippen molar-refractivity contribution in [1.82, 2.24) is 27.4 Å². The molecule has 0 spiro atoms. The monoisotopic (exact) mass is 664 g/mol. The van der Waals surface area contributed by atoms with Crippen molar-refractivity contribution < 1.29 is 14.7 Å². The topological polar surface area (TPSA) is 152 Å². The number of hydrogen-bond donors (Lipinski definition) is 1. The number of carboxylic acids is 1. The molecule has 0 amide bonds. The third-order valence-corrected chi connectivity index (χ3v) is 9.11. The summed E-state index contributed by atoms with van der Waals surface area (Å²) in [6.07, 6.45) is 3.41. The van der Waals surface area contributed by atoms with Crippen LogP contribution < -0.4 is 22.5 Å². The SMILES string of the molecule is Cn1c(=O)c2c(-c3ccccc3)n(CCCC(=O)O)cc2n(C)c1=O.Cn1c(=O)c2c(-c3ccccc3)n3c(c2n(C)c1=O)C(=O)CCC3. The Bertz CT molecular complexity index is 2510. The van der Waals surface area contributed by atoms with Crippen LogP contribution in [-0.2, 0) is 46.1 Å². The van der Waals surface area contributed by atoms with Crippen molar-refractivity contribution in [3.63, 3.8) is 0 Å². The van der Waals surface area contributed by atoms with E-state index in [1.165, 1.54) is 23.2 Å². The normalized spacial score (nSPS) is 12.6. The predicted molar refractivity (Wildman–Crippen MR) is 186 cm³/mol. The summed E-state index contributed by atoms with van der Waals surface area (Å²) in [5, 5.41) is 9.78. The van der Waals surface area contributed by atoms with Gasteiger partial charge in [0.25, 0.3) is 11.1 Å². The lowest BCUT2D eigenvalue weighted by Crippen LogP contribution is -2.37. The Morgan fingerprint density at radius 3 is 1.84 bits per heavy atom. The number of nitrogens with zero attached hydrogens (tertiary/aromatic N) is 6. The number of aliphatic carboxylic acids is 1. The molecule has 1 aliphatic rings. The second-order valence-corrected chi connectivity index (χ2v) is 12.2. The van der Waals surface area contributed by atoms with Gasteiger partial charge in [-0.3, -0.25) is 37.4 Å². The van der Waals surface area contributed by atoms with Crippen LogP contribution in [0.2, 0.25) is 0 Å². The molecule has 6 aromatic rings. The van der Waals surface area contributed by atoms with Crippen LogP contribution in [0, 0.1) is 0 Å². The van der Waals surface area contributed by atoms with Gasteiger partial charge >= 0.3 is 17.3 Å². The molecular formula is C36H36N6O7. The van der Waals surface area contributed by atoms with Crippen LogP contribution in [0.1, 0.15) is 36.2 Å². The summed E-state index contributed by atoms with van der Waals surface area (Å²) in [5.41, 5.74) is 3.11. The highest BCUT2D eigenvalue weighted by Crippen LogP contribution is 2.34. The zero-order chi connectivity index (χ0) is 35.1. The minimum Gasteiger partial charge on any atom is -0.481 e. The predicted octanol–water partition coefficient (Wildman–Crippen LogP) is 3.25. The molecule has 0 saturated carbocycles. The molecule has 252 valence electrons. The van der Waals surface area contributed by atoms with E-state index < -0.39 is 11.7 Å². The molecule has 0 saturated heterocycles. The molecule has 0 fully saturated rings.